The smallest absolute Gasteiger partial charge is 0.255 e. The molecule has 224 valence electrons. The molecule has 5 rings (SSSR count). The molecular formula is C32H40N4O5S. The molecule has 1 amide bonds. The molecule has 2 aliphatic heterocycles. The van der Waals surface area contributed by atoms with Crippen molar-refractivity contribution in [1.29, 1.82) is 0 Å². The zero-order chi connectivity index (χ0) is 30.2. The van der Waals surface area contributed by atoms with Crippen LogP contribution in [0.4, 0.5) is 5.69 Å². The van der Waals surface area contributed by atoms with Gasteiger partial charge in [0.1, 0.15) is 11.7 Å². The molecule has 1 aromatic heterocycles. The third-order valence-corrected chi connectivity index (χ3v) is 9.86. The van der Waals surface area contributed by atoms with E-state index in [-0.39, 0.29) is 22.7 Å². The van der Waals surface area contributed by atoms with Crippen LogP contribution < -0.4 is 14.8 Å². The summed E-state index contributed by atoms with van der Waals surface area (Å²) in [5, 5.41) is 14.8. The largest absolute Gasteiger partial charge is 0.469 e. The van der Waals surface area contributed by atoms with Crippen LogP contribution in [0.2, 0.25) is 0 Å². The summed E-state index contributed by atoms with van der Waals surface area (Å²) in [5.74, 6) is -0.00209. The number of hydrogen-bond acceptors (Lipinski definition) is 7. The number of benzene rings is 2. The molecule has 0 bridgehead atoms. The summed E-state index contributed by atoms with van der Waals surface area (Å²) in [6.07, 6.45) is 2.78. The molecule has 2 aromatic carbocycles. The number of nitrogens with zero attached hydrogens (tertiary/aromatic N) is 2. The van der Waals surface area contributed by atoms with Gasteiger partial charge in [0.05, 0.1) is 16.5 Å². The number of ether oxygens (including phenoxy) is 1. The van der Waals surface area contributed by atoms with Crippen LogP contribution in [0.5, 0.6) is 5.88 Å². The third-order valence-electron chi connectivity index (χ3n) is 8.41. The minimum absolute atomic E-state index is 0.00583. The summed E-state index contributed by atoms with van der Waals surface area (Å²) >= 11 is 0. The van der Waals surface area contributed by atoms with Gasteiger partial charge < -0.3 is 20.1 Å². The predicted molar refractivity (Wildman–Crippen MR) is 162 cm³/mol. The molecule has 10 heteroatoms. The number of aryl methyl sites for hydroxylation is 3. The molecule has 3 atom stereocenters. The molecule has 9 nitrogen and oxygen atoms in total. The van der Waals surface area contributed by atoms with Crippen molar-refractivity contribution in [1.82, 2.24) is 14.6 Å². The lowest BCUT2D eigenvalue weighted by molar-refractivity contribution is -0.0632. The monoisotopic (exact) mass is 592 g/mol. The number of carbonyl (C=O) groups is 1. The van der Waals surface area contributed by atoms with E-state index in [0.29, 0.717) is 24.2 Å². The minimum atomic E-state index is -4.01. The highest BCUT2D eigenvalue weighted by Crippen LogP contribution is 2.40. The number of pyridine rings is 1. The molecule has 3 N–H and O–H groups in total. The average molecular weight is 593 g/mol. The Labute approximate surface area is 248 Å². The fraction of sp³-hybridized carbons (Fsp3) is 0.438. The van der Waals surface area contributed by atoms with E-state index in [0.717, 1.165) is 41.6 Å². The number of aromatic nitrogens is 1. The van der Waals surface area contributed by atoms with Crippen LogP contribution in [0.1, 0.15) is 72.3 Å². The standard InChI is InChI=1S/C32H40N4O5S/c1-6-22-12-14-25(15-13-22)42(39,40)35-28-26-17-23(18-34-30(26)41-32(4,5)29(28)37)31(38)36-16-8-11-24(36)19-33-27-20(2)9-7-10-21(27)3/h7,9-10,12-15,17-18,24,28-29,33,35,37H,6,8,11,16,19H2,1-5H3/t24-,28+,29-/m0/s1. The number of rotatable bonds is 8. The first-order chi connectivity index (χ1) is 19.9. The maximum absolute atomic E-state index is 13.8. The zero-order valence-corrected chi connectivity index (χ0v) is 25.7. The van der Waals surface area contributed by atoms with Crippen LogP contribution >= 0.6 is 0 Å². The lowest BCUT2D eigenvalue weighted by Crippen LogP contribution is -2.53. The van der Waals surface area contributed by atoms with Crippen molar-refractivity contribution >= 4 is 21.6 Å². The molecule has 0 saturated carbocycles. The number of aliphatic hydroxyl groups is 1. The average Bonchev–Trinajstić information content (AvgIpc) is 3.43. The predicted octanol–water partition coefficient (Wildman–Crippen LogP) is 4.53. The number of fused-ring (bicyclic) bond motifs is 1. The molecule has 1 fully saturated rings. The van der Waals surface area contributed by atoms with Gasteiger partial charge in [0.2, 0.25) is 15.9 Å². The molecule has 2 aliphatic rings. The number of hydrogen-bond donors (Lipinski definition) is 3. The molecule has 3 aromatic rings. The van der Waals surface area contributed by atoms with Crippen molar-refractivity contribution in [3.05, 3.63) is 82.5 Å². The Balaban J connectivity index is 1.41. The Morgan fingerprint density at radius 1 is 1.14 bits per heavy atom. The van der Waals surface area contributed by atoms with E-state index in [1.807, 2.05) is 17.9 Å². The van der Waals surface area contributed by atoms with Crippen molar-refractivity contribution in [3.63, 3.8) is 0 Å². The number of aliphatic hydroxyl groups excluding tert-OH is 1. The van der Waals surface area contributed by atoms with Gasteiger partial charge in [-0.3, -0.25) is 4.79 Å². The van der Waals surface area contributed by atoms with Gasteiger partial charge in [0, 0.05) is 36.6 Å². The van der Waals surface area contributed by atoms with Crippen LogP contribution in [0, 0.1) is 13.8 Å². The Hall–Kier alpha value is -3.47. The van der Waals surface area contributed by atoms with Crippen LogP contribution in [0.25, 0.3) is 0 Å². The summed E-state index contributed by atoms with van der Waals surface area (Å²) < 4.78 is 35.5. The van der Waals surface area contributed by atoms with E-state index in [4.69, 9.17) is 4.74 Å². The molecule has 0 spiro atoms. The third kappa shape index (κ3) is 5.88. The second-order valence-electron chi connectivity index (χ2n) is 11.8. The van der Waals surface area contributed by atoms with E-state index in [1.165, 1.54) is 6.20 Å². The minimum Gasteiger partial charge on any atom is -0.469 e. The summed E-state index contributed by atoms with van der Waals surface area (Å²) in [5.41, 5.74) is 3.93. The topological polar surface area (TPSA) is 121 Å². The van der Waals surface area contributed by atoms with Gasteiger partial charge in [-0.05, 0) is 81.8 Å². The van der Waals surface area contributed by atoms with Crippen molar-refractivity contribution in [3.8, 4) is 5.88 Å². The quantitative estimate of drug-likeness (QED) is 0.352. The van der Waals surface area contributed by atoms with Gasteiger partial charge in [0.15, 0.2) is 0 Å². The van der Waals surface area contributed by atoms with Crippen LogP contribution in [0.15, 0.2) is 59.6 Å². The lowest BCUT2D eigenvalue weighted by Gasteiger charge is -2.41. The summed E-state index contributed by atoms with van der Waals surface area (Å²) in [6, 6.07) is 13.3. The zero-order valence-electron chi connectivity index (χ0n) is 24.8. The Morgan fingerprint density at radius 2 is 1.83 bits per heavy atom. The van der Waals surface area contributed by atoms with E-state index in [1.54, 1.807) is 44.2 Å². The van der Waals surface area contributed by atoms with Gasteiger partial charge >= 0.3 is 0 Å². The number of likely N-dealkylation sites (tertiary alicyclic amines) is 1. The van der Waals surface area contributed by atoms with Gasteiger partial charge in [-0.1, -0.05) is 37.3 Å². The summed E-state index contributed by atoms with van der Waals surface area (Å²) in [6.45, 7) is 10.7. The fourth-order valence-corrected chi connectivity index (χ4v) is 7.06. The second kappa shape index (κ2) is 11.7. The number of para-hydroxylation sites is 1. The lowest BCUT2D eigenvalue weighted by atomic mass is 9.88. The van der Waals surface area contributed by atoms with Gasteiger partial charge in [-0.15, -0.1) is 0 Å². The van der Waals surface area contributed by atoms with E-state index in [9.17, 15) is 18.3 Å². The van der Waals surface area contributed by atoms with Crippen LogP contribution in [-0.4, -0.2) is 60.2 Å². The summed E-state index contributed by atoms with van der Waals surface area (Å²) in [4.78, 5) is 20.2. The molecule has 0 aliphatic carbocycles. The highest BCUT2D eigenvalue weighted by atomic mass is 32.2. The van der Waals surface area contributed by atoms with E-state index < -0.39 is 27.8 Å². The molecule has 42 heavy (non-hydrogen) atoms. The highest BCUT2D eigenvalue weighted by molar-refractivity contribution is 7.89. The van der Waals surface area contributed by atoms with Crippen molar-refractivity contribution in [2.75, 3.05) is 18.4 Å². The summed E-state index contributed by atoms with van der Waals surface area (Å²) in [7, 11) is -4.01. The van der Waals surface area contributed by atoms with Gasteiger partial charge in [0.25, 0.3) is 5.91 Å². The van der Waals surface area contributed by atoms with Crippen molar-refractivity contribution in [2.24, 2.45) is 0 Å². The van der Waals surface area contributed by atoms with Crippen molar-refractivity contribution in [2.45, 2.75) is 82.6 Å². The first-order valence-electron chi connectivity index (χ1n) is 14.5. The Bertz CT molecular complexity index is 1550. The number of amides is 1. The first-order valence-corrected chi connectivity index (χ1v) is 16.0. The van der Waals surface area contributed by atoms with Crippen LogP contribution in [0.3, 0.4) is 0 Å². The Kier molecular flexibility index (Phi) is 8.33. The maximum atomic E-state index is 13.8. The van der Waals surface area contributed by atoms with Crippen molar-refractivity contribution < 1.29 is 23.1 Å². The number of carbonyl (C=O) groups excluding carboxylic acids is 1. The first kappa shape index (κ1) is 30.0. The molecule has 0 radical (unpaired) electrons. The number of nitrogens with one attached hydrogen (secondary N) is 2. The molecule has 0 unspecified atom stereocenters. The highest BCUT2D eigenvalue weighted by Gasteiger charge is 2.46. The molecule has 1 saturated heterocycles. The van der Waals surface area contributed by atoms with E-state index in [2.05, 4.69) is 41.0 Å². The van der Waals surface area contributed by atoms with E-state index >= 15 is 0 Å². The molecular weight excluding hydrogens is 552 g/mol. The Morgan fingerprint density at radius 3 is 2.50 bits per heavy atom. The van der Waals surface area contributed by atoms with Gasteiger partial charge in [-0.25, -0.2) is 18.1 Å². The SMILES string of the molecule is CCc1ccc(S(=O)(=O)N[C@@H]2c3cc(C(=O)N4CCC[C@H]4CNc4c(C)cccc4C)cnc3OC(C)(C)[C@H]2O)cc1. The second-order valence-corrected chi connectivity index (χ2v) is 13.5. The molecule has 3 heterocycles. The van der Waals surface area contributed by atoms with Gasteiger partial charge in [-0.2, -0.15) is 0 Å². The van der Waals surface area contributed by atoms with Crippen LogP contribution in [-0.2, 0) is 16.4 Å². The maximum Gasteiger partial charge on any atom is 0.255 e. The number of anilines is 1. The number of sulfonamides is 1. The fourth-order valence-electron chi connectivity index (χ4n) is 5.84. The normalized spacial score (nSPS) is 21.5.